The quantitative estimate of drug-likeness (QED) is 0.762. The average molecular weight is 241 g/mol. The van der Waals surface area contributed by atoms with Gasteiger partial charge in [0.2, 0.25) is 5.43 Å². The highest BCUT2D eigenvalue weighted by Gasteiger charge is 2.04. The van der Waals surface area contributed by atoms with Gasteiger partial charge in [0, 0.05) is 16.9 Å². The van der Waals surface area contributed by atoms with Crippen molar-refractivity contribution in [2.24, 2.45) is 0 Å². The van der Waals surface area contributed by atoms with Crippen molar-refractivity contribution in [1.29, 1.82) is 0 Å². The topological polar surface area (TPSA) is 54.3 Å². The molecule has 13 heavy (non-hydrogen) atoms. The van der Waals surface area contributed by atoms with Gasteiger partial charge in [-0.3, -0.25) is 14.1 Å². The minimum absolute atomic E-state index is 0.137. The highest BCUT2D eigenvalue weighted by Crippen LogP contribution is 2.11. The van der Waals surface area contributed by atoms with Crippen LogP contribution in [0.2, 0.25) is 0 Å². The minimum Gasteiger partial charge on any atom is -0.301 e. The summed E-state index contributed by atoms with van der Waals surface area (Å²) >= 11 is 3.24. The van der Waals surface area contributed by atoms with Crippen LogP contribution in [0.15, 0.2) is 27.7 Å². The predicted molar refractivity (Wildman–Crippen MR) is 51.1 cm³/mol. The van der Waals surface area contributed by atoms with Crippen LogP contribution in [0, 0.1) is 0 Å². The Balaban J connectivity index is 2.93. The van der Waals surface area contributed by atoms with Crippen molar-refractivity contribution < 1.29 is 4.79 Å². The molecule has 0 aliphatic heterocycles. The number of halogens is 1. The van der Waals surface area contributed by atoms with E-state index >= 15 is 0 Å². The zero-order valence-corrected chi connectivity index (χ0v) is 8.04. The average Bonchev–Trinajstić information content (AvgIpc) is 2.47. The second-order valence-electron chi connectivity index (χ2n) is 2.59. The lowest BCUT2D eigenvalue weighted by Gasteiger charge is -1.94. The molecule has 2 aromatic heterocycles. The predicted octanol–water partition coefficient (Wildman–Crippen LogP) is 1.20. The van der Waals surface area contributed by atoms with Crippen LogP contribution in [0.3, 0.4) is 0 Å². The Morgan fingerprint density at radius 1 is 1.54 bits per heavy atom. The van der Waals surface area contributed by atoms with E-state index in [-0.39, 0.29) is 11.0 Å². The number of hydrogen-bond donors (Lipinski definition) is 1. The van der Waals surface area contributed by atoms with Crippen LogP contribution in [0.4, 0.5) is 0 Å². The number of carbonyl (C=O) groups is 1. The molecule has 0 radical (unpaired) electrons. The fraction of sp³-hybridized carbons (Fsp3) is 0. The lowest BCUT2D eigenvalue weighted by atomic mass is 10.3. The van der Waals surface area contributed by atoms with Crippen molar-refractivity contribution in [3.8, 4) is 0 Å². The number of nitrogens with zero attached hydrogens (tertiary/aromatic N) is 1. The normalized spacial score (nSPS) is 10.5. The third-order valence-corrected chi connectivity index (χ3v) is 2.20. The first-order valence-electron chi connectivity index (χ1n) is 3.57. The molecule has 0 unspecified atom stereocenters. The molecule has 0 saturated heterocycles. The molecule has 0 bridgehead atoms. The number of aromatic nitrogens is 2. The fourth-order valence-electron chi connectivity index (χ4n) is 1.15. The summed E-state index contributed by atoms with van der Waals surface area (Å²) in [4.78, 5) is 21.9. The Morgan fingerprint density at radius 2 is 2.31 bits per heavy atom. The molecular formula is C8H5BrN2O2. The molecular weight excluding hydrogens is 236 g/mol. The third-order valence-electron chi connectivity index (χ3n) is 1.77. The van der Waals surface area contributed by atoms with Gasteiger partial charge in [-0.1, -0.05) is 0 Å². The Labute approximate surface area is 81.3 Å². The second-order valence-corrected chi connectivity index (χ2v) is 3.50. The number of hydrogen-bond acceptors (Lipinski definition) is 2. The lowest BCUT2D eigenvalue weighted by Crippen LogP contribution is -2.11. The van der Waals surface area contributed by atoms with E-state index in [1.54, 1.807) is 16.8 Å². The molecule has 5 heteroatoms. The van der Waals surface area contributed by atoms with Gasteiger partial charge in [0.1, 0.15) is 5.52 Å². The molecule has 66 valence electrons. The Kier molecular flexibility index (Phi) is 1.81. The van der Waals surface area contributed by atoms with Crippen LogP contribution in [0.1, 0.15) is 10.4 Å². The van der Waals surface area contributed by atoms with Gasteiger partial charge >= 0.3 is 0 Å². The number of rotatable bonds is 1. The largest absolute Gasteiger partial charge is 0.301 e. The lowest BCUT2D eigenvalue weighted by molar-refractivity contribution is 0.112. The van der Waals surface area contributed by atoms with Crippen LogP contribution in [-0.4, -0.2) is 15.9 Å². The second kappa shape index (κ2) is 2.85. The molecule has 2 aromatic rings. The van der Waals surface area contributed by atoms with E-state index in [0.717, 1.165) is 4.47 Å². The van der Waals surface area contributed by atoms with E-state index in [1.165, 1.54) is 6.20 Å². The zero-order valence-electron chi connectivity index (χ0n) is 6.45. The van der Waals surface area contributed by atoms with Crippen LogP contribution in [-0.2, 0) is 0 Å². The van der Waals surface area contributed by atoms with E-state index in [4.69, 9.17) is 0 Å². The van der Waals surface area contributed by atoms with Gasteiger partial charge in [-0.2, -0.15) is 0 Å². The third kappa shape index (κ3) is 1.21. The molecule has 0 aliphatic carbocycles. The molecule has 2 rings (SSSR count). The first kappa shape index (κ1) is 8.25. The van der Waals surface area contributed by atoms with Crippen LogP contribution < -0.4 is 5.43 Å². The van der Waals surface area contributed by atoms with Gasteiger partial charge in [-0.15, -0.1) is 0 Å². The van der Waals surface area contributed by atoms with Crippen molar-refractivity contribution >= 4 is 27.7 Å². The van der Waals surface area contributed by atoms with Gasteiger partial charge in [0.15, 0.2) is 6.29 Å². The Bertz CT molecular complexity index is 526. The molecule has 0 saturated carbocycles. The van der Waals surface area contributed by atoms with Gasteiger partial charge in [-0.05, 0) is 22.0 Å². The molecule has 0 amide bonds. The number of H-pyrrole nitrogens is 1. The zero-order chi connectivity index (χ0) is 9.42. The maximum absolute atomic E-state index is 11.5. The Morgan fingerprint density at radius 3 is 3.00 bits per heavy atom. The van der Waals surface area contributed by atoms with Crippen molar-refractivity contribution in [2.45, 2.75) is 0 Å². The first-order valence-corrected chi connectivity index (χ1v) is 4.36. The molecule has 4 nitrogen and oxygen atoms in total. The van der Waals surface area contributed by atoms with Crippen LogP contribution in [0.5, 0.6) is 0 Å². The summed E-state index contributed by atoms with van der Waals surface area (Å²) in [5.41, 5.74) is 0.328. The molecule has 0 spiro atoms. The molecule has 0 aliphatic rings. The van der Waals surface area contributed by atoms with Gasteiger partial charge in [-0.25, -0.2) is 0 Å². The van der Waals surface area contributed by atoms with Crippen LogP contribution in [0.25, 0.3) is 5.52 Å². The number of fused-ring (bicyclic) bond motifs is 1. The van der Waals surface area contributed by atoms with Gasteiger partial charge in [0.05, 0.1) is 5.56 Å². The molecule has 0 aromatic carbocycles. The summed E-state index contributed by atoms with van der Waals surface area (Å²) in [6, 6.07) is 1.66. The number of aromatic amines is 1. The van der Waals surface area contributed by atoms with Gasteiger partial charge in [0.25, 0.3) is 0 Å². The monoisotopic (exact) mass is 240 g/mol. The van der Waals surface area contributed by atoms with Crippen molar-refractivity contribution in [3.05, 3.63) is 38.7 Å². The van der Waals surface area contributed by atoms with Crippen molar-refractivity contribution in [3.63, 3.8) is 0 Å². The Hall–Kier alpha value is -1.36. The SMILES string of the molecule is O=Cc1c[nH]n2cc(Br)cc2c1=O. The number of carbonyl (C=O) groups excluding carboxylic acids is 1. The van der Waals surface area contributed by atoms with E-state index in [2.05, 4.69) is 21.0 Å². The highest BCUT2D eigenvalue weighted by molar-refractivity contribution is 9.10. The summed E-state index contributed by atoms with van der Waals surface area (Å²) < 4.78 is 2.35. The highest BCUT2D eigenvalue weighted by atomic mass is 79.9. The molecule has 2 heterocycles. The maximum Gasteiger partial charge on any atom is 0.216 e. The summed E-state index contributed by atoms with van der Waals surface area (Å²) in [5.74, 6) is 0. The smallest absolute Gasteiger partial charge is 0.216 e. The van der Waals surface area contributed by atoms with E-state index in [0.29, 0.717) is 11.8 Å². The number of nitrogens with one attached hydrogen (secondary N) is 1. The van der Waals surface area contributed by atoms with Crippen molar-refractivity contribution in [2.75, 3.05) is 0 Å². The van der Waals surface area contributed by atoms with E-state index in [1.807, 2.05) is 0 Å². The fourth-order valence-corrected chi connectivity index (χ4v) is 1.57. The van der Waals surface area contributed by atoms with Crippen molar-refractivity contribution in [1.82, 2.24) is 9.61 Å². The maximum atomic E-state index is 11.5. The molecule has 1 N–H and O–H groups in total. The summed E-state index contributed by atoms with van der Waals surface area (Å²) in [6.45, 7) is 0. The van der Waals surface area contributed by atoms with E-state index < -0.39 is 0 Å². The molecule has 0 atom stereocenters. The minimum atomic E-state index is -0.264. The summed E-state index contributed by atoms with van der Waals surface area (Å²) in [6.07, 6.45) is 3.64. The standard InChI is InChI=1S/C8H5BrN2O2/c9-6-1-7-8(13)5(4-12)2-10-11(7)3-6/h1-4,10H. The molecule has 0 fully saturated rings. The van der Waals surface area contributed by atoms with E-state index in [9.17, 15) is 9.59 Å². The van der Waals surface area contributed by atoms with Gasteiger partial charge < -0.3 is 5.10 Å². The summed E-state index contributed by atoms with van der Waals surface area (Å²) in [7, 11) is 0. The number of aldehydes is 1. The van der Waals surface area contributed by atoms with Crippen LogP contribution >= 0.6 is 15.9 Å². The summed E-state index contributed by atoms with van der Waals surface area (Å²) in [5, 5.41) is 2.79. The first-order chi connectivity index (χ1) is 6.22.